The van der Waals surface area contributed by atoms with Crippen LogP contribution >= 0.6 is 0 Å². The molecule has 12 N–H and O–H groups in total. The standard InChI is InChI=1S/C49H92N4O33S4/c1-10-26-35(57)36(58)29(51-84-88(63,64)65)47(76-26)79-40-24(8)74-45(21(5)33(40)55)82-43-28(12-3)78-49(31(38(43)60)53-86-90(69,70)71)81-41-25(9)75-46(22(6)34(41)56)83-42-27(11-2)77-48(30(37(42)59)52-85-89(66,67)68)80-39-23(7)73-44(20(4)32(39)54)72-17-14-13-15-18-87(61,62)19-16-50/h20-49,51-60H,10-19,50H2,1-9H3,(H,63,64,65)(H,66,67,68)(H,69,70,71)/p-3/t20?,21?,22?,23?,24?,25?,26?,27?,28?,29?,30?,31?,32-,33-,34-,35+,36+,37+,38+,39+,40-,41+,42+,43+,44+,45-,46-,47-,48+,49+/m0/s1. The first kappa shape index (κ1) is 77.6. The second kappa shape index (κ2) is 33.3. The van der Waals surface area contributed by atoms with E-state index >= 15 is 0 Å². The van der Waals surface area contributed by atoms with E-state index in [0.29, 0.717) is 19.3 Å². The summed E-state index contributed by atoms with van der Waals surface area (Å²) in [5.41, 5.74) is 11.1. The Bertz CT molecular complexity index is 2680. The third-order valence-corrected chi connectivity index (χ3v) is 19.4. The molecule has 30 atom stereocenters. The van der Waals surface area contributed by atoms with Gasteiger partial charge in [-0.1, -0.05) is 48.0 Å². The first-order valence-corrected chi connectivity index (χ1v) is 35.4. The predicted octanol–water partition coefficient (Wildman–Crippen LogP) is -5.40. The molecule has 41 heteroatoms. The fourth-order valence-corrected chi connectivity index (χ4v) is 13.4. The molecule has 0 aromatic carbocycles. The smallest absolute Gasteiger partial charge is 0.234 e. The molecule has 12 unspecified atom stereocenters. The number of hydrogen-bond donors (Lipinski definition) is 11. The summed E-state index contributed by atoms with van der Waals surface area (Å²) in [4.78, 5) is 0. The van der Waals surface area contributed by atoms with Gasteiger partial charge in [0.05, 0.1) is 66.4 Å². The van der Waals surface area contributed by atoms with Gasteiger partial charge in [-0.05, 0) is 52.9 Å². The highest BCUT2D eigenvalue weighted by molar-refractivity contribution is 7.91. The van der Waals surface area contributed by atoms with E-state index in [4.69, 9.17) is 62.6 Å². The molecule has 6 aliphatic heterocycles. The van der Waals surface area contributed by atoms with E-state index in [-0.39, 0.29) is 43.9 Å². The summed E-state index contributed by atoms with van der Waals surface area (Å²) < 4.78 is 215. The number of aliphatic hydroxyl groups is 7. The third-order valence-electron chi connectivity index (χ3n) is 16.7. The number of hydrogen-bond acceptors (Lipinski definition) is 37. The van der Waals surface area contributed by atoms with Crippen LogP contribution in [0.25, 0.3) is 0 Å². The fraction of sp³-hybridized carbons (Fsp3) is 1.00. The molecule has 0 saturated carbocycles. The molecule has 0 bridgehead atoms. The van der Waals surface area contributed by atoms with Gasteiger partial charge in [0, 0.05) is 30.9 Å². The number of rotatable bonds is 31. The van der Waals surface area contributed by atoms with Crippen molar-refractivity contribution in [2.45, 2.75) is 267 Å². The maximum Gasteiger partial charge on any atom is 0.234 e. The van der Waals surface area contributed by atoms with Gasteiger partial charge in [0.1, 0.15) is 73.1 Å². The minimum atomic E-state index is -5.56. The largest absolute Gasteiger partial charge is 0.724 e. The maximum atomic E-state index is 12.0. The molecule has 6 heterocycles. The second-order valence-electron chi connectivity index (χ2n) is 23.3. The van der Waals surface area contributed by atoms with Crippen LogP contribution in [0.5, 0.6) is 0 Å². The van der Waals surface area contributed by atoms with Crippen LogP contribution < -0.4 is 22.2 Å². The fourth-order valence-electron chi connectivity index (χ4n) is 11.6. The molecule has 0 aliphatic carbocycles. The monoisotopic (exact) mass is 1390 g/mol. The van der Waals surface area contributed by atoms with Crippen LogP contribution in [0.4, 0.5) is 0 Å². The number of sulfone groups is 1. The van der Waals surface area contributed by atoms with Gasteiger partial charge < -0.3 is 112 Å². The molecule has 90 heavy (non-hydrogen) atoms. The van der Waals surface area contributed by atoms with E-state index in [9.17, 15) is 83.1 Å². The van der Waals surface area contributed by atoms with Crippen molar-refractivity contribution in [1.29, 1.82) is 0 Å². The molecule has 0 amide bonds. The molecule has 0 aromatic rings. The number of aliphatic hydroxyl groups excluding tert-OH is 7. The van der Waals surface area contributed by atoms with Crippen molar-refractivity contribution in [1.82, 2.24) is 16.4 Å². The molecule has 6 aliphatic rings. The zero-order chi connectivity index (χ0) is 67.1. The van der Waals surface area contributed by atoms with E-state index in [1.54, 1.807) is 34.6 Å². The Balaban J connectivity index is 1.12. The van der Waals surface area contributed by atoms with E-state index in [0.717, 1.165) is 0 Å². The number of unbranched alkanes of at least 4 members (excludes halogenated alkanes) is 2. The number of nitrogens with two attached hydrogens (primary N) is 1. The highest BCUT2D eigenvalue weighted by atomic mass is 32.3. The summed E-state index contributed by atoms with van der Waals surface area (Å²) >= 11 is 0. The van der Waals surface area contributed by atoms with Crippen molar-refractivity contribution in [2.75, 3.05) is 24.7 Å². The SMILES string of the molecule is CCC1O[C@@H](O[C@H]2C(C)O[C@@H](O[C@@H]3C(CC)O[C@H](O[C@@H]4C(C)O[C@@H](O[C@@H]5C(CC)O[C@H](O[C@@H]6C(C)O[C@@H](OCCCCCS(=O)(=O)CCN)C(C)[C@@H]6O)C(NOS(=O)(=O)[O-])[C@H]5O)C(C)[C@@H]4O)C(NOS(=O)(=O)[O-])[C@H]3O)C(C)[C@@H]2O)C(NOS(=O)(=O)[O-])[C@@H](O)[C@@H]1O. The van der Waals surface area contributed by atoms with Crippen molar-refractivity contribution < 1.29 is 153 Å². The minimum absolute atomic E-state index is 0.0179. The van der Waals surface area contributed by atoms with Gasteiger partial charge in [-0.3, -0.25) is 0 Å². The summed E-state index contributed by atoms with van der Waals surface area (Å²) in [5.74, 6) is -3.11. The van der Waals surface area contributed by atoms with Gasteiger partial charge in [-0.25, -0.2) is 33.7 Å². The summed E-state index contributed by atoms with van der Waals surface area (Å²) in [6, 6.07) is -5.33. The lowest BCUT2D eigenvalue weighted by Gasteiger charge is -2.51. The average molecular weight is 1390 g/mol. The molecular weight excluding hydrogens is 1300 g/mol. The van der Waals surface area contributed by atoms with Crippen LogP contribution in [0.15, 0.2) is 0 Å². The van der Waals surface area contributed by atoms with Crippen molar-refractivity contribution in [2.24, 2.45) is 23.5 Å². The topological polar surface area (TPSA) is 548 Å². The zero-order valence-electron chi connectivity index (χ0n) is 50.8. The Kier molecular flexibility index (Phi) is 28.7. The molecule has 0 aromatic heterocycles. The van der Waals surface area contributed by atoms with Gasteiger partial charge in [0.15, 0.2) is 47.6 Å². The Morgan fingerprint density at radius 2 is 0.733 bits per heavy atom. The predicted molar refractivity (Wildman–Crippen MR) is 294 cm³/mol. The van der Waals surface area contributed by atoms with E-state index in [1.807, 2.05) is 16.4 Å². The third kappa shape index (κ3) is 20.4. The van der Waals surface area contributed by atoms with Crippen molar-refractivity contribution in [3.63, 3.8) is 0 Å². The van der Waals surface area contributed by atoms with Gasteiger partial charge in [-0.15, -0.1) is 0 Å². The summed E-state index contributed by atoms with van der Waals surface area (Å²) in [5, 5.41) is 80.6. The Morgan fingerprint density at radius 1 is 0.400 bits per heavy atom. The second-order valence-corrected chi connectivity index (χ2v) is 28.5. The van der Waals surface area contributed by atoms with Crippen LogP contribution in [0, 0.1) is 17.8 Å². The molecule has 6 fully saturated rings. The van der Waals surface area contributed by atoms with E-state index in [2.05, 4.69) is 12.9 Å². The Morgan fingerprint density at radius 3 is 1.09 bits per heavy atom. The van der Waals surface area contributed by atoms with Gasteiger partial charge in [0.2, 0.25) is 31.2 Å². The highest BCUT2D eigenvalue weighted by Crippen LogP contribution is 2.40. The zero-order valence-corrected chi connectivity index (χ0v) is 54.1. The molecule has 530 valence electrons. The lowest BCUT2D eigenvalue weighted by molar-refractivity contribution is -0.375. The van der Waals surface area contributed by atoms with Gasteiger partial charge in [0.25, 0.3) is 0 Å². The number of ether oxygens (including phenoxy) is 12. The van der Waals surface area contributed by atoms with Crippen molar-refractivity contribution in [3.05, 3.63) is 0 Å². The molecular formula is C49H89N4O33S4-3. The van der Waals surface area contributed by atoms with E-state index < -0.39 is 225 Å². The lowest BCUT2D eigenvalue weighted by Crippen LogP contribution is -2.68. The molecule has 0 spiro atoms. The van der Waals surface area contributed by atoms with Crippen LogP contribution in [-0.2, 0) is 111 Å². The molecule has 37 nitrogen and oxygen atoms in total. The maximum absolute atomic E-state index is 12.0. The quantitative estimate of drug-likeness (QED) is 0.0134. The van der Waals surface area contributed by atoms with Crippen LogP contribution in [0.2, 0.25) is 0 Å². The minimum Gasteiger partial charge on any atom is -0.724 e. The Labute approximate surface area is 522 Å². The molecule has 6 rings (SSSR count). The molecule has 0 radical (unpaired) electrons. The highest BCUT2D eigenvalue weighted by Gasteiger charge is 2.57. The first-order chi connectivity index (χ1) is 41.9. The lowest BCUT2D eigenvalue weighted by atomic mass is 9.90. The number of hydroxylamine groups is 3. The first-order valence-electron chi connectivity index (χ1n) is 29.6. The van der Waals surface area contributed by atoms with Gasteiger partial charge >= 0.3 is 0 Å². The summed E-state index contributed by atoms with van der Waals surface area (Å²) in [6.07, 6.45) is -32.9. The van der Waals surface area contributed by atoms with Gasteiger partial charge in [-0.2, -0.15) is 29.3 Å². The average Bonchev–Trinajstić information content (AvgIpc) is 0.790. The van der Waals surface area contributed by atoms with Crippen molar-refractivity contribution in [3.8, 4) is 0 Å². The summed E-state index contributed by atoms with van der Waals surface area (Å²) in [7, 11) is -19.7. The normalized spacial score (nSPS) is 43.5. The molecule has 6 saturated heterocycles. The Hall–Kier alpha value is -1.36. The summed E-state index contributed by atoms with van der Waals surface area (Å²) in [6.45, 7) is 13.9. The number of nitrogens with one attached hydrogen (secondary N) is 3. The van der Waals surface area contributed by atoms with Crippen LogP contribution in [-0.4, -0.2) is 273 Å². The van der Waals surface area contributed by atoms with E-state index in [1.165, 1.54) is 27.7 Å². The van der Waals surface area contributed by atoms with Crippen LogP contribution in [0.1, 0.15) is 101 Å². The van der Waals surface area contributed by atoms with Crippen molar-refractivity contribution >= 4 is 41.0 Å². The van der Waals surface area contributed by atoms with Crippen LogP contribution in [0.3, 0.4) is 0 Å².